The highest BCUT2D eigenvalue weighted by atomic mass is 16.1. The van der Waals surface area contributed by atoms with E-state index < -0.39 is 0 Å². The number of hydrogen-bond donors (Lipinski definition) is 1. The van der Waals surface area contributed by atoms with Crippen molar-refractivity contribution in [2.24, 2.45) is 0 Å². The lowest BCUT2D eigenvalue weighted by Gasteiger charge is -2.08. The number of amides is 1. The van der Waals surface area contributed by atoms with Crippen LogP contribution in [0.3, 0.4) is 0 Å². The number of allylic oxidation sites excluding steroid dienone is 4. The highest BCUT2D eigenvalue weighted by Crippen LogP contribution is 2.23. The summed E-state index contributed by atoms with van der Waals surface area (Å²) in [5.74, 6) is 0. The lowest BCUT2D eigenvalue weighted by atomic mass is 9.99. The van der Waals surface area contributed by atoms with Gasteiger partial charge < -0.3 is 5.32 Å². The van der Waals surface area contributed by atoms with Crippen LogP contribution in [-0.4, -0.2) is 6.41 Å². The molecule has 0 aliphatic heterocycles. The second-order valence-electron chi connectivity index (χ2n) is 3.48. The van der Waals surface area contributed by atoms with Gasteiger partial charge in [0.25, 0.3) is 0 Å². The van der Waals surface area contributed by atoms with Gasteiger partial charge in [0.2, 0.25) is 6.41 Å². The van der Waals surface area contributed by atoms with Crippen molar-refractivity contribution in [3.05, 3.63) is 48.1 Å². The zero-order valence-corrected chi connectivity index (χ0v) is 8.44. The van der Waals surface area contributed by atoms with E-state index in [1.165, 1.54) is 5.57 Å². The maximum atomic E-state index is 10.3. The fourth-order valence-corrected chi connectivity index (χ4v) is 1.68. The highest BCUT2D eigenvalue weighted by molar-refractivity contribution is 5.79. The predicted molar refractivity (Wildman–Crippen MR) is 62.5 cm³/mol. The summed E-state index contributed by atoms with van der Waals surface area (Å²) in [7, 11) is 0. The van der Waals surface area contributed by atoms with E-state index in [9.17, 15) is 4.79 Å². The van der Waals surface area contributed by atoms with Gasteiger partial charge in [-0.25, -0.2) is 0 Å². The Hall–Kier alpha value is -1.83. The van der Waals surface area contributed by atoms with Gasteiger partial charge in [-0.15, -0.1) is 0 Å². The lowest BCUT2D eigenvalue weighted by Crippen LogP contribution is -1.94. The molecule has 1 aliphatic rings. The molecule has 1 N–H and O–H groups in total. The molecule has 0 bridgehead atoms. The van der Waals surface area contributed by atoms with Crippen LogP contribution in [0.1, 0.15) is 18.4 Å². The number of carbonyl (C=O) groups is 1. The number of carbonyl (C=O) groups excluding carboxylic acids is 1. The number of anilines is 1. The van der Waals surface area contributed by atoms with Gasteiger partial charge in [0.1, 0.15) is 0 Å². The lowest BCUT2D eigenvalue weighted by molar-refractivity contribution is -0.105. The molecule has 0 saturated heterocycles. The largest absolute Gasteiger partial charge is 0.329 e. The molecule has 0 unspecified atom stereocenters. The van der Waals surface area contributed by atoms with Gasteiger partial charge in [0, 0.05) is 5.69 Å². The topological polar surface area (TPSA) is 29.1 Å². The van der Waals surface area contributed by atoms with E-state index >= 15 is 0 Å². The third kappa shape index (κ3) is 2.34. The van der Waals surface area contributed by atoms with Crippen LogP contribution in [0.4, 0.5) is 5.69 Å². The maximum absolute atomic E-state index is 10.3. The standard InChI is InChI=1S/C13H13NO/c15-10-14-13-8-4-7-12(9-13)11-5-2-1-3-6-11/h2,4-10H,1,3H2,(H,14,15). The summed E-state index contributed by atoms with van der Waals surface area (Å²) < 4.78 is 0. The van der Waals surface area contributed by atoms with Crippen LogP contribution >= 0.6 is 0 Å². The Bertz CT molecular complexity index is 418. The Kier molecular flexibility index (Phi) is 2.98. The zero-order valence-electron chi connectivity index (χ0n) is 8.44. The summed E-state index contributed by atoms with van der Waals surface area (Å²) in [4.78, 5) is 10.3. The first-order valence-electron chi connectivity index (χ1n) is 5.07. The minimum absolute atomic E-state index is 0.699. The van der Waals surface area contributed by atoms with E-state index in [1.807, 2.05) is 18.2 Å². The van der Waals surface area contributed by atoms with Gasteiger partial charge in [0.05, 0.1) is 0 Å². The zero-order chi connectivity index (χ0) is 10.5. The van der Waals surface area contributed by atoms with Crippen LogP contribution in [0.5, 0.6) is 0 Å². The molecule has 0 atom stereocenters. The van der Waals surface area contributed by atoms with Crippen LogP contribution in [-0.2, 0) is 4.79 Å². The first-order valence-corrected chi connectivity index (χ1v) is 5.07. The molecular weight excluding hydrogens is 186 g/mol. The van der Waals surface area contributed by atoms with Crippen molar-refractivity contribution in [2.45, 2.75) is 12.8 Å². The van der Waals surface area contributed by atoms with Gasteiger partial charge >= 0.3 is 0 Å². The second kappa shape index (κ2) is 4.60. The molecule has 1 aliphatic carbocycles. The van der Waals surface area contributed by atoms with Crippen molar-refractivity contribution in [2.75, 3.05) is 5.32 Å². The van der Waals surface area contributed by atoms with Crippen LogP contribution in [0.25, 0.3) is 5.57 Å². The van der Waals surface area contributed by atoms with E-state index in [1.54, 1.807) is 0 Å². The van der Waals surface area contributed by atoms with Crippen molar-refractivity contribution in [3.8, 4) is 0 Å². The van der Waals surface area contributed by atoms with Gasteiger partial charge in [-0.1, -0.05) is 30.4 Å². The third-order valence-electron chi connectivity index (χ3n) is 2.42. The smallest absolute Gasteiger partial charge is 0.211 e. The molecule has 1 amide bonds. The van der Waals surface area contributed by atoms with E-state index in [0.717, 1.165) is 24.1 Å². The summed E-state index contributed by atoms with van der Waals surface area (Å²) in [6.07, 6.45) is 9.44. The van der Waals surface area contributed by atoms with Gasteiger partial charge in [-0.3, -0.25) is 4.79 Å². The van der Waals surface area contributed by atoms with E-state index in [0.29, 0.717) is 6.41 Å². The molecule has 1 aromatic carbocycles. The SMILES string of the molecule is O=CNc1cccc(C2=CCCC=C2)c1. The first kappa shape index (κ1) is 9.71. The Balaban J connectivity index is 2.27. The van der Waals surface area contributed by atoms with Gasteiger partial charge in [-0.05, 0) is 36.1 Å². The fraction of sp³-hybridized carbons (Fsp3) is 0.154. The van der Waals surface area contributed by atoms with E-state index in [2.05, 4.69) is 29.6 Å². The Labute approximate surface area is 89.3 Å². The highest BCUT2D eigenvalue weighted by Gasteiger charge is 2.01. The third-order valence-corrected chi connectivity index (χ3v) is 2.42. The molecular formula is C13H13NO. The number of benzene rings is 1. The van der Waals surface area contributed by atoms with Crippen molar-refractivity contribution >= 4 is 17.7 Å². The van der Waals surface area contributed by atoms with Crippen molar-refractivity contribution in [1.82, 2.24) is 0 Å². The van der Waals surface area contributed by atoms with Crippen LogP contribution in [0.2, 0.25) is 0 Å². The average Bonchev–Trinajstić information content (AvgIpc) is 2.31. The molecule has 1 aromatic rings. The Morgan fingerprint density at radius 1 is 1.27 bits per heavy atom. The monoisotopic (exact) mass is 199 g/mol. The first-order chi connectivity index (χ1) is 7.40. The molecule has 0 spiro atoms. The summed E-state index contributed by atoms with van der Waals surface area (Å²) in [5, 5.41) is 2.66. The van der Waals surface area contributed by atoms with E-state index in [-0.39, 0.29) is 0 Å². The van der Waals surface area contributed by atoms with Crippen LogP contribution < -0.4 is 5.32 Å². The quantitative estimate of drug-likeness (QED) is 0.745. The molecule has 0 fully saturated rings. The van der Waals surface area contributed by atoms with Crippen LogP contribution in [0.15, 0.2) is 42.5 Å². The van der Waals surface area contributed by atoms with E-state index in [4.69, 9.17) is 0 Å². The number of hydrogen-bond acceptors (Lipinski definition) is 1. The van der Waals surface area contributed by atoms with Gasteiger partial charge in [-0.2, -0.15) is 0 Å². The van der Waals surface area contributed by atoms with Gasteiger partial charge in [0.15, 0.2) is 0 Å². The molecule has 0 aromatic heterocycles. The molecule has 15 heavy (non-hydrogen) atoms. The minimum Gasteiger partial charge on any atom is -0.329 e. The second-order valence-corrected chi connectivity index (χ2v) is 3.48. The summed E-state index contributed by atoms with van der Waals surface area (Å²) >= 11 is 0. The molecule has 76 valence electrons. The van der Waals surface area contributed by atoms with Crippen molar-refractivity contribution in [3.63, 3.8) is 0 Å². The normalized spacial score (nSPS) is 14.5. The summed E-state index contributed by atoms with van der Waals surface area (Å²) in [6.45, 7) is 0. The molecule has 2 nitrogen and oxygen atoms in total. The summed E-state index contributed by atoms with van der Waals surface area (Å²) in [6, 6.07) is 7.86. The number of nitrogens with one attached hydrogen (secondary N) is 1. The maximum Gasteiger partial charge on any atom is 0.211 e. The Morgan fingerprint density at radius 3 is 2.93 bits per heavy atom. The predicted octanol–water partition coefficient (Wildman–Crippen LogP) is 2.99. The molecule has 0 heterocycles. The molecule has 2 heteroatoms. The molecule has 0 radical (unpaired) electrons. The summed E-state index contributed by atoms with van der Waals surface area (Å²) in [5.41, 5.74) is 3.22. The van der Waals surface area contributed by atoms with Crippen LogP contribution in [0, 0.1) is 0 Å². The average molecular weight is 199 g/mol. The molecule has 2 rings (SSSR count). The Morgan fingerprint density at radius 2 is 2.20 bits per heavy atom. The molecule has 0 saturated carbocycles. The van der Waals surface area contributed by atoms with Crippen molar-refractivity contribution < 1.29 is 4.79 Å². The van der Waals surface area contributed by atoms with Crippen molar-refractivity contribution in [1.29, 1.82) is 0 Å². The fourth-order valence-electron chi connectivity index (χ4n) is 1.68. The number of rotatable bonds is 3. The minimum atomic E-state index is 0.699.